The zero-order chi connectivity index (χ0) is 35.1. The summed E-state index contributed by atoms with van der Waals surface area (Å²) in [6, 6.07) is 9.45. The fraction of sp³-hybridized carbons (Fsp3) is 0.405. The molecule has 0 fully saturated rings. The summed E-state index contributed by atoms with van der Waals surface area (Å²) >= 11 is 0. The van der Waals surface area contributed by atoms with Gasteiger partial charge in [0.25, 0.3) is 5.91 Å². The number of amides is 2. The van der Waals surface area contributed by atoms with E-state index in [9.17, 15) is 24.9 Å². The van der Waals surface area contributed by atoms with Crippen molar-refractivity contribution in [2.45, 2.75) is 77.4 Å². The lowest BCUT2D eigenvalue weighted by atomic mass is 9.91. The number of aliphatic hydroxyl groups excluding tert-OH is 1. The second-order valence-electron chi connectivity index (χ2n) is 12.6. The predicted molar refractivity (Wildman–Crippen MR) is 186 cm³/mol. The average Bonchev–Trinajstić information content (AvgIpc) is 3.46. The number of phenolic OH excluding ortho intramolecular Hbond substituents is 2. The number of primary amides is 1. The lowest BCUT2D eigenvalue weighted by molar-refractivity contribution is -0.112. The van der Waals surface area contributed by atoms with E-state index in [0.717, 1.165) is 18.4 Å². The minimum atomic E-state index is -0.993. The predicted octanol–water partition coefficient (Wildman–Crippen LogP) is 5.36. The standard InChI is InChI=1S/C37H47N3O8/c1-20-14-27-32(39-26-17-24-11-7-8-12-25(24)18-26)29(41)19-28(34(27)43)40-36(44)21(2)10-9-13-30(46-5)35(48-37(38)45)23(4)16-22(3)33(42)31(15-20)47-6/h7-14,16,19,22,26,30-31,33,35,39,41-43H,15,17-18H2,1-6H3,(H2,38,45)(H,40,44)/b13-9-,20-14-,21-10?,23-16?. The van der Waals surface area contributed by atoms with E-state index in [-0.39, 0.29) is 35.2 Å². The number of aromatic hydroxyl groups is 2. The normalized spacial score (nSPS) is 25.9. The van der Waals surface area contributed by atoms with Crippen molar-refractivity contribution < 1.29 is 39.1 Å². The molecule has 258 valence electrons. The summed E-state index contributed by atoms with van der Waals surface area (Å²) in [7, 11) is 2.95. The number of nitrogens with two attached hydrogens (primary N) is 1. The van der Waals surface area contributed by atoms with E-state index in [0.29, 0.717) is 16.8 Å². The molecule has 0 saturated heterocycles. The molecule has 2 amide bonds. The molecule has 2 aromatic carbocycles. The molecule has 11 nitrogen and oxygen atoms in total. The molecule has 2 bridgehead atoms. The summed E-state index contributed by atoms with van der Waals surface area (Å²) in [5, 5.41) is 40.4. The molecule has 5 atom stereocenters. The number of anilines is 2. The molecule has 2 aliphatic rings. The Morgan fingerprint density at radius 1 is 1.04 bits per heavy atom. The Balaban J connectivity index is 1.79. The van der Waals surface area contributed by atoms with E-state index in [2.05, 4.69) is 22.8 Å². The number of aliphatic hydroxyl groups is 1. The highest BCUT2D eigenvalue weighted by Crippen LogP contribution is 2.43. The fourth-order valence-corrected chi connectivity index (χ4v) is 6.30. The summed E-state index contributed by atoms with van der Waals surface area (Å²) in [4.78, 5) is 25.1. The van der Waals surface area contributed by atoms with E-state index >= 15 is 0 Å². The van der Waals surface area contributed by atoms with Crippen molar-refractivity contribution in [1.29, 1.82) is 0 Å². The molecule has 0 saturated carbocycles. The number of carbonyl (C=O) groups excluding carboxylic acids is 2. The first-order valence-corrected chi connectivity index (χ1v) is 16.0. The van der Waals surface area contributed by atoms with Crippen molar-refractivity contribution in [1.82, 2.24) is 0 Å². The van der Waals surface area contributed by atoms with Crippen LogP contribution in [-0.4, -0.2) is 72.0 Å². The number of rotatable bonds is 5. The Morgan fingerprint density at radius 2 is 1.71 bits per heavy atom. The quantitative estimate of drug-likeness (QED) is 0.140. The first-order chi connectivity index (χ1) is 22.8. The van der Waals surface area contributed by atoms with Gasteiger partial charge < -0.3 is 45.9 Å². The van der Waals surface area contributed by atoms with Gasteiger partial charge in [0, 0.05) is 43.4 Å². The number of carbonyl (C=O) groups is 2. The van der Waals surface area contributed by atoms with Crippen LogP contribution in [0.2, 0.25) is 0 Å². The second-order valence-corrected chi connectivity index (χ2v) is 12.6. The van der Waals surface area contributed by atoms with E-state index in [1.54, 1.807) is 44.2 Å². The van der Waals surface area contributed by atoms with Gasteiger partial charge in [0.2, 0.25) is 0 Å². The van der Waals surface area contributed by atoms with Crippen molar-refractivity contribution in [3.05, 3.63) is 88.0 Å². The van der Waals surface area contributed by atoms with Gasteiger partial charge in [-0.25, -0.2) is 4.79 Å². The Kier molecular flexibility index (Phi) is 12.1. The van der Waals surface area contributed by atoms with Crippen molar-refractivity contribution >= 4 is 29.5 Å². The maximum atomic E-state index is 13.2. The molecule has 1 heterocycles. The first kappa shape index (κ1) is 36.3. The number of fused-ring (bicyclic) bond motifs is 3. The lowest BCUT2D eigenvalue weighted by Gasteiger charge is -2.28. The van der Waals surface area contributed by atoms with Crippen molar-refractivity contribution in [3.8, 4) is 11.5 Å². The molecule has 4 rings (SSSR count). The zero-order valence-electron chi connectivity index (χ0n) is 28.3. The molecule has 0 aromatic heterocycles. The van der Waals surface area contributed by atoms with Gasteiger partial charge in [0.15, 0.2) is 6.10 Å². The number of ether oxygens (including phenoxy) is 3. The summed E-state index contributed by atoms with van der Waals surface area (Å²) in [6.45, 7) is 7.00. The van der Waals surface area contributed by atoms with Crippen LogP contribution in [0.1, 0.15) is 50.8 Å². The second kappa shape index (κ2) is 16.0. The molecule has 11 heteroatoms. The SMILES string of the molecule is COC1/C=C\C=C(C)C(=O)Nc2cc(O)c(NC3Cc4ccccc4C3)c(c2O)/C=C(/C)CC(OC)C(O)C(C)C=C(C)C1OC(N)=O. The first-order valence-electron chi connectivity index (χ1n) is 16.0. The van der Waals surface area contributed by atoms with Crippen molar-refractivity contribution in [3.63, 3.8) is 0 Å². The Bertz CT molecular complexity index is 1600. The number of hydrogen-bond acceptors (Lipinski definition) is 9. The number of hydrogen-bond donors (Lipinski definition) is 6. The molecular formula is C37H47N3O8. The molecular weight excluding hydrogens is 614 g/mol. The molecule has 2 aromatic rings. The van der Waals surface area contributed by atoms with E-state index in [4.69, 9.17) is 19.9 Å². The molecule has 5 unspecified atom stereocenters. The molecule has 48 heavy (non-hydrogen) atoms. The smallest absolute Gasteiger partial charge is 0.405 e. The largest absolute Gasteiger partial charge is 0.506 e. The Morgan fingerprint density at radius 3 is 2.31 bits per heavy atom. The van der Waals surface area contributed by atoms with Crippen LogP contribution in [0.4, 0.5) is 16.2 Å². The van der Waals surface area contributed by atoms with Crippen LogP contribution < -0.4 is 16.4 Å². The van der Waals surface area contributed by atoms with Gasteiger partial charge in [-0.3, -0.25) is 4.79 Å². The average molecular weight is 662 g/mol. The minimum absolute atomic E-state index is 0.0212. The highest BCUT2D eigenvalue weighted by Gasteiger charge is 2.29. The highest BCUT2D eigenvalue weighted by atomic mass is 16.6. The van der Waals surface area contributed by atoms with Gasteiger partial charge >= 0.3 is 6.09 Å². The molecule has 0 radical (unpaired) electrons. The highest BCUT2D eigenvalue weighted by molar-refractivity contribution is 6.05. The maximum Gasteiger partial charge on any atom is 0.405 e. The number of benzene rings is 2. The van der Waals surface area contributed by atoms with Gasteiger partial charge in [0.05, 0.1) is 23.6 Å². The summed E-state index contributed by atoms with van der Waals surface area (Å²) in [5.41, 5.74) is 10.1. The van der Waals surface area contributed by atoms with Gasteiger partial charge in [-0.2, -0.15) is 0 Å². The molecule has 1 aliphatic heterocycles. The lowest BCUT2D eigenvalue weighted by Crippen LogP contribution is -2.36. The van der Waals surface area contributed by atoms with E-state index in [1.165, 1.54) is 31.4 Å². The van der Waals surface area contributed by atoms with Crippen LogP contribution in [0.5, 0.6) is 11.5 Å². The Labute approximate surface area is 281 Å². The van der Waals surface area contributed by atoms with Gasteiger partial charge in [-0.05, 0) is 62.8 Å². The van der Waals surface area contributed by atoms with Crippen LogP contribution >= 0.6 is 0 Å². The summed E-state index contributed by atoms with van der Waals surface area (Å²) in [6.07, 6.45) is 5.68. The zero-order valence-corrected chi connectivity index (χ0v) is 28.3. The number of methoxy groups -OCH3 is 2. The molecule has 1 aliphatic carbocycles. The fourth-order valence-electron chi connectivity index (χ4n) is 6.30. The number of allylic oxidation sites excluding steroid dienone is 2. The molecule has 0 spiro atoms. The van der Waals surface area contributed by atoms with Crippen LogP contribution in [0.15, 0.2) is 71.4 Å². The third kappa shape index (κ3) is 8.66. The minimum Gasteiger partial charge on any atom is -0.506 e. The maximum absolute atomic E-state index is 13.2. The number of phenols is 2. The molecule has 7 N–H and O–H groups in total. The van der Waals surface area contributed by atoms with Crippen molar-refractivity contribution in [2.75, 3.05) is 24.9 Å². The van der Waals surface area contributed by atoms with Crippen LogP contribution in [-0.2, 0) is 31.8 Å². The number of nitrogens with one attached hydrogen (secondary N) is 2. The monoisotopic (exact) mass is 661 g/mol. The summed E-state index contributed by atoms with van der Waals surface area (Å²) in [5.74, 6) is -1.34. The van der Waals surface area contributed by atoms with Gasteiger partial charge in [-0.1, -0.05) is 61.1 Å². The summed E-state index contributed by atoms with van der Waals surface area (Å²) < 4.78 is 16.7. The van der Waals surface area contributed by atoms with Crippen molar-refractivity contribution in [2.24, 2.45) is 11.7 Å². The van der Waals surface area contributed by atoms with Crippen LogP contribution in [0.25, 0.3) is 6.08 Å². The third-order valence-electron chi connectivity index (χ3n) is 8.89. The van der Waals surface area contributed by atoms with E-state index < -0.39 is 42.3 Å². The van der Waals surface area contributed by atoms with Gasteiger partial charge in [0.1, 0.15) is 17.6 Å². The topological polar surface area (TPSA) is 173 Å². The van der Waals surface area contributed by atoms with Gasteiger partial charge in [-0.15, -0.1) is 0 Å². The van der Waals surface area contributed by atoms with Crippen LogP contribution in [0.3, 0.4) is 0 Å². The van der Waals surface area contributed by atoms with E-state index in [1.807, 2.05) is 26.0 Å². The van der Waals surface area contributed by atoms with Crippen LogP contribution in [0, 0.1) is 5.92 Å². The Hall–Kier alpha value is -4.58. The third-order valence-corrected chi connectivity index (χ3v) is 8.89.